The third-order valence-corrected chi connectivity index (χ3v) is 5.04. The lowest BCUT2D eigenvalue weighted by molar-refractivity contribution is -0.121. The topological polar surface area (TPSA) is 71.3 Å². The van der Waals surface area contributed by atoms with Crippen LogP contribution >= 0.6 is 0 Å². The molecule has 4 rings (SSSR count). The Morgan fingerprint density at radius 3 is 2.81 bits per heavy atom. The van der Waals surface area contributed by atoms with Crippen molar-refractivity contribution in [1.82, 2.24) is 10.6 Å². The monoisotopic (exact) mass is 362 g/mol. The SMILES string of the molecule is O=C(CCNC(=O)c1ccc2ccccc2c1)NC1CCCc2occc21. The number of hydrogen-bond donors (Lipinski definition) is 2. The van der Waals surface area contributed by atoms with Gasteiger partial charge in [-0.15, -0.1) is 0 Å². The predicted octanol–water partition coefficient (Wildman–Crippen LogP) is 3.75. The summed E-state index contributed by atoms with van der Waals surface area (Å²) in [6, 6.07) is 15.5. The molecule has 1 heterocycles. The van der Waals surface area contributed by atoms with Crippen molar-refractivity contribution < 1.29 is 14.0 Å². The second-order valence-electron chi connectivity index (χ2n) is 6.88. The van der Waals surface area contributed by atoms with Gasteiger partial charge in [-0.05, 0) is 41.8 Å². The van der Waals surface area contributed by atoms with Crippen LogP contribution in [-0.4, -0.2) is 18.4 Å². The Labute approximate surface area is 157 Å². The summed E-state index contributed by atoms with van der Waals surface area (Å²) in [5, 5.41) is 8.00. The van der Waals surface area contributed by atoms with E-state index in [0.717, 1.165) is 41.4 Å². The normalized spacial score (nSPS) is 15.9. The van der Waals surface area contributed by atoms with Crippen LogP contribution in [-0.2, 0) is 11.2 Å². The summed E-state index contributed by atoms with van der Waals surface area (Å²) in [4.78, 5) is 24.6. The fourth-order valence-corrected chi connectivity index (χ4v) is 3.63. The second kappa shape index (κ2) is 7.66. The zero-order valence-corrected chi connectivity index (χ0v) is 15.0. The molecule has 138 valence electrons. The lowest BCUT2D eigenvalue weighted by Gasteiger charge is -2.22. The van der Waals surface area contributed by atoms with Crippen LogP contribution in [0.25, 0.3) is 10.8 Å². The fraction of sp³-hybridized carbons (Fsp3) is 0.273. The first-order valence-electron chi connectivity index (χ1n) is 9.33. The van der Waals surface area contributed by atoms with Crippen molar-refractivity contribution in [1.29, 1.82) is 0 Å². The Kier molecular flexibility index (Phi) is 4.92. The Hall–Kier alpha value is -3.08. The summed E-state index contributed by atoms with van der Waals surface area (Å²) in [6.45, 7) is 0.308. The lowest BCUT2D eigenvalue weighted by atomic mass is 9.93. The van der Waals surface area contributed by atoms with Crippen LogP contribution < -0.4 is 10.6 Å². The van der Waals surface area contributed by atoms with E-state index in [1.807, 2.05) is 42.5 Å². The third kappa shape index (κ3) is 3.87. The summed E-state index contributed by atoms with van der Waals surface area (Å²) in [5.41, 5.74) is 1.68. The third-order valence-electron chi connectivity index (χ3n) is 5.04. The summed E-state index contributed by atoms with van der Waals surface area (Å²) in [7, 11) is 0. The van der Waals surface area contributed by atoms with Crippen molar-refractivity contribution in [2.24, 2.45) is 0 Å². The molecule has 2 N–H and O–H groups in total. The molecule has 0 bridgehead atoms. The maximum absolute atomic E-state index is 12.3. The number of furan rings is 1. The minimum absolute atomic E-state index is 0.0104. The molecule has 27 heavy (non-hydrogen) atoms. The van der Waals surface area contributed by atoms with Crippen LogP contribution in [0.3, 0.4) is 0 Å². The number of rotatable bonds is 5. The van der Waals surface area contributed by atoms with E-state index in [0.29, 0.717) is 12.1 Å². The highest BCUT2D eigenvalue weighted by molar-refractivity contribution is 5.98. The van der Waals surface area contributed by atoms with E-state index >= 15 is 0 Å². The smallest absolute Gasteiger partial charge is 0.251 e. The highest BCUT2D eigenvalue weighted by atomic mass is 16.3. The van der Waals surface area contributed by atoms with Gasteiger partial charge >= 0.3 is 0 Å². The summed E-state index contributed by atoms with van der Waals surface area (Å²) in [6.07, 6.45) is 4.78. The zero-order valence-electron chi connectivity index (χ0n) is 15.0. The fourth-order valence-electron chi connectivity index (χ4n) is 3.63. The number of benzene rings is 2. The van der Waals surface area contributed by atoms with Crippen LogP contribution in [0.15, 0.2) is 59.2 Å². The Morgan fingerprint density at radius 2 is 1.93 bits per heavy atom. The van der Waals surface area contributed by atoms with Crippen LogP contribution in [0.2, 0.25) is 0 Å². The molecule has 0 fully saturated rings. The standard InChI is InChI=1S/C22H22N2O3/c25-21(24-19-6-3-7-20-18(19)11-13-27-20)10-12-23-22(26)17-9-8-15-4-1-2-5-16(15)14-17/h1-2,4-5,8-9,11,13-14,19H,3,6-7,10,12H2,(H,23,26)(H,24,25). The van der Waals surface area contributed by atoms with E-state index in [1.165, 1.54) is 0 Å². The average Bonchev–Trinajstić information content (AvgIpc) is 3.17. The van der Waals surface area contributed by atoms with Crippen molar-refractivity contribution in [3.05, 3.63) is 71.7 Å². The zero-order chi connectivity index (χ0) is 18.6. The van der Waals surface area contributed by atoms with Crippen LogP contribution in [0.1, 0.15) is 47.0 Å². The summed E-state index contributed by atoms with van der Waals surface area (Å²) in [5.74, 6) is 0.743. The molecule has 0 aliphatic heterocycles. The molecule has 0 radical (unpaired) electrons. The molecule has 1 aliphatic rings. The predicted molar refractivity (Wildman–Crippen MR) is 103 cm³/mol. The van der Waals surface area contributed by atoms with Gasteiger partial charge in [0.2, 0.25) is 5.91 Å². The van der Waals surface area contributed by atoms with E-state index in [4.69, 9.17) is 4.42 Å². The van der Waals surface area contributed by atoms with Crippen molar-refractivity contribution in [2.45, 2.75) is 31.7 Å². The number of carbonyl (C=O) groups is 2. The van der Waals surface area contributed by atoms with E-state index < -0.39 is 0 Å². The van der Waals surface area contributed by atoms with E-state index in [-0.39, 0.29) is 24.3 Å². The highest BCUT2D eigenvalue weighted by Crippen LogP contribution is 2.30. The van der Waals surface area contributed by atoms with Crippen molar-refractivity contribution in [3.8, 4) is 0 Å². The first kappa shape index (κ1) is 17.3. The maximum atomic E-state index is 12.3. The number of nitrogens with one attached hydrogen (secondary N) is 2. The molecule has 5 heteroatoms. The highest BCUT2D eigenvalue weighted by Gasteiger charge is 2.23. The molecular formula is C22H22N2O3. The van der Waals surface area contributed by atoms with Gasteiger partial charge in [-0.25, -0.2) is 0 Å². The van der Waals surface area contributed by atoms with Crippen LogP contribution in [0, 0.1) is 0 Å². The molecule has 1 atom stereocenters. The van der Waals surface area contributed by atoms with Gasteiger partial charge in [0, 0.05) is 30.5 Å². The molecule has 0 spiro atoms. The van der Waals surface area contributed by atoms with Crippen molar-refractivity contribution in [2.75, 3.05) is 6.54 Å². The Bertz CT molecular complexity index is 976. The molecule has 1 unspecified atom stereocenters. The molecule has 1 aromatic heterocycles. The van der Waals surface area contributed by atoms with Crippen LogP contribution in [0.5, 0.6) is 0 Å². The second-order valence-corrected chi connectivity index (χ2v) is 6.88. The molecular weight excluding hydrogens is 340 g/mol. The lowest BCUT2D eigenvalue weighted by Crippen LogP contribution is -2.34. The van der Waals surface area contributed by atoms with Gasteiger partial charge in [-0.3, -0.25) is 9.59 Å². The van der Waals surface area contributed by atoms with Gasteiger partial charge in [0.1, 0.15) is 5.76 Å². The first-order chi connectivity index (χ1) is 13.2. The molecule has 2 amide bonds. The Balaban J connectivity index is 1.29. The van der Waals surface area contributed by atoms with E-state index in [9.17, 15) is 9.59 Å². The molecule has 3 aromatic rings. The first-order valence-corrected chi connectivity index (χ1v) is 9.33. The molecule has 5 nitrogen and oxygen atoms in total. The van der Waals surface area contributed by atoms with Gasteiger partial charge in [0.15, 0.2) is 0 Å². The molecule has 0 saturated heterocycles. The summed E-state index contributed by atoms with van der Waals surface area (Å²) < 4.78 is 5.45. The van der Waals surface area contributed by atoms with Gasteiger partial charge in [-0.2, -0.15) is 0 Å². The van der Waals surface area contributed by atoms with Gasteiger partial charge in [0.25, 0.3) is 5.91 Å². The van der Waals surface area contributed by atoms with Gasteiger partial charge in [-0.1, -0.05) is 30.3 Å². The molecule has 1 aliphatic carbocycles. The maximum Gasteiger partial charge on any atom is 0.251 e. The number of fused-ring (bicyclic) bond motifs is 2. The molecule has 2 aromatic carbocycles. The molecule has 0 saturated carbocycles. The van der Waals surface area contributed by atoms with E-state index in [1.54, 1.807) is 12.3 Å². The minimum Gasteiger partial charge on any atom is -0.469 e. The van der Waals surface area contributed by atoms with Gasteiger partial charge in [0.05, 0.1) is 12.3 Å². The number of amides is 2. The number of carbonyl (C=O) groups excluding carboxylic acids is 2. The average molecular weight is 362 g/mol. The van der Waals surface area contributed by atoms with Crippen molar-refractivity contribution >= 4 is 22.6 Å². The number of aryl methyl sites for hydroxylation is 1. The number of hydrogen-bond acceptors (Lipinski definition) is 3. The van der Waals surface area contributed by atoms with E-state index in [2.05, 4.69) is 10.6 Å². The minimum atomic E-state index is -0.164. The van der Waals surface area contributed by atoms with Crippen LogP contribution in [0.4, 0.5) is 0 Å². The van der Waals surface area contributed by atoms with Crippen molar-refractivity contribution in [3.63, 3.8) is 0 Å². The Morgan fingerprint density at radius 1 is 1.07 bits per heavy atom. The van der Waals surface area contributed by atoms with Gasteiger partial charge < -0.3 is 15.1 Å². The summed E-state index contributed by atoms with van der Waals surface area (Å²) >= 11 is 0. The quantitative estimate of drug-likeness (QED) is 0.726. The largest absolute Gasteiger partial charge is 0.469 e.